The lowest BCUT2D eigenvalue weighted by molar-refractivity contribution is -0.0781. The van der Waals surface area contributed by atoms with Crippen LogP contribution < -0.4 is 17.0 Å². The van der Waals surface area contributed by atoms with Crippen LogP contribution in [0.1, 0.15) is 45.9 Å². The fourth-order valence-corrected chi connectivity index (χ4v) is 5.43. The summed E-state index contributed by atoms with van der Waals surface area (Å²) in [7, 11) is 0.0656. The lowest BCUT2D eigenvalue weighted by Gasteiger charge is -2.36. The van der Waals surface area contributed by atoms with Crippen molar-refractivity contribution in [3.63, 3.8) is 0 Å². The summed E-state index contributed by atoms with van der Waals surface area (Å²) in [6.07, 6.45) is -0.477. The predicted octanol–water partition coefficient (Wildman–Crippen LogP) is 1.39. The number of hydrogen-bond donors (Lipinski definition) is 2. The van der Waals surface area contributed by atoms with Gasteiger partial charge in [0.05, 0.1) is 45.0 Å². The van der Waals surface area contributed by atoms with Crippen molar-refractivity contribution in [3.8, 4) is 6.07 Å². The molecule has 12 nitrogen and oxygen atoms in total. The number of aromatic nitrogens is 2. The first-order valence-corrected chi connectivity index (χ1v) is 12.8. The number of nitrogens with two attached hydrogens (primary N) is 1. The van der Waals surface area contributed by atoms with Gasteiger partial charge in [0, 0.05) is 31.0 Å². The number of ether oxygens (including phenoxy) is 3. The van der Waals surface area contributed by atoms with E-state index < -0.39 is 44.3 Å². The average molecular weight is 516 g/mol. The lowest BCUT2D eigenvalue weighted by atomic mass is 10.1. The Kier molecular flexibility index (Phi) is 12.0. The second-order valence-electron chi connectivity index (χ2n) is 8.79. The highest BCUT2D eigenvalue weighted by molar-refractivity contribution is 7.44. The molecule has 35 heavy (non-hydrogen) atoms. The fraction of sp³-hybridized carbons (Fsp3) is 0.773. The Balaban J connectivity index is 2.25. The van der Waals surface area contributed by atoms with Crippen molar-refractivity contribution in [2.75, 3.05) is 33.5 Å². The van der Waals surface area contributed by atoms with Crippen LogP contribution in [0, 0.1) is 18.3 Å². The third-order valence-electron chi connectivity index (χ3n) is 5.43. The van der Waals surface area contributed by atoms with Crippen LogP contribution in [0.15, 0.2) is 15.8 Å². The zero-order valence-corrected chi connectivity index (χ0v) is 22.2. The molecule has 0 aliphatic carbocycles. The van der Waals surface area contributed by atoms with E-state index in [9.17, 15) is 9.59 Å². The number of hydrogen-bond acceptors (Lipinski definition) is 10. The summed E-state index contributed by atoms with van der Waals surface area (Å²) < 4.78 is 32.7. The topological polar surface area (TPSA) is 154 Å². The second kappa shape index (κ2) is 14.2. The first-order valence-electron chi connectivity index (χ1n) is 11.7. The van der Waals surface area contributed by atoms with Gasteiger partial charge in [-0.2, -0.15) is 5.26 Å². The van der Waals surface area contributed by atoms with Gasteiger partial charge >= 0.3 is 5.69 Å². The van der Waals surface area contributed by atoms with Gasteiger partial charge < -0.3 is 29.0 Å². The molecular formula is C22H38N5O7P. The van der Waals surface area contributed by atoms with E-state index in [2.05, 4.69) is 15.7 Å². The summed E-state index contributed by atoms with van der Waals surface area (Å²) in [6, 6.07) is 1.73. The minimum Gasteiger partial charge on any atom is -0.382 e. The molecule has 13 heteroatoms. The van der Waals surface area contributed by atoms with E-state index in [4.69, 9.17) is 34.3 Å². The maximum atomic E-state index is 12.5. The molecule has 2 heterocycles. The number of aromatic amines is 1. The number of nitrogens with one attached hydrogen (secondary N) is 1. The Hall–Kier alpha value is -1.68. The summed E-state index contributed by atoms with van der Waals surface area (Å²) in [5.41, 5.74) is 5.78. The molecule has 1 aromatic rings. The smallest absolute Gasteiger partial charge is 0.330 e. The molecule has 0 radical (unpaired) electrons. The number of rotatable bonds is 14. The summed E-state index contributed by atoms with van der Waals surface area (Å²) in [5, 5.41) is 8.90. The largest absolute Gasteiger partial charge is 0.382 e. The molecule has 0 amide bonds. The highest BCUT2D eigenvalue weighted by atomic mass is 31.2. The Morgan fingerprint density at radius 3 is 2.51 bits per heavy atom. The van der Waals surface area contributed by atoms with Crippen molar-refractivity contribution in [1.29, 1.82) is 5.26 Å². The number of nitriles is 1. The van der Waals surface area contributed by atoms with Gasteiger partial charge in [-0.25, -0.2) is 9.46 Å². The molecule has 2 rings (SSSR count). The lowest BCUT2D eigenvalue weighted by Crippen LogP contribution is -2.45. The van der Waals surface area contributed by atoms with Gasteiger partial charge in [-0.1, -0.05) is 0 Å². The minimum absolute atomic E-state index is 0.0904. The molecule has 1 aliphatic heterocycles. The Morgan fingerprint density at radius 1 is 1.23 bits per heavy atom. The van der Waals surface area contributed by atoms with Crippen LogP contribution in [0.3, 0.4) is 0 Å². The average Bonchev–Trinajstić information content (AvgIpc) is 3.09. The molecule has 1 aliphatic rings. The van der Waals surface area contributed by atoms with Crippen LogP contribution in [-0.4, -0.2) is 78.1 Å². The van der Waals surface area contributed by atoms with Gasteiger partial charge in [0.2, 0.25) is 0 Å². The first-order chi connectivity index (χ1) is 16.6. The summed E-state index contributed by atoms with van der Waals surface area (Å²) in [5.74, 6) is 0. The molecule has 0 spiro atoms. The zero-order valence-electron chi connectivity index (χ0n) is 21.3. The van der Waals surface area contributed by atoms with Crippen molar-refractivity contribution >= 4 is 8.53 Å². The van der Waals surface area contributed by atoms with Crippen molar-refractivity contribution in [2.24, 2.45) is 5.73 Å². The van der Waals surface area contributed by atoms with Crippen LogP contribution in [-0.2, 0) is 23.3 Å². The maximum absolute atomic E-state index is 12.5. The summed E-state index contributed by atoms with van der Waals surface area (Å²) in [4.78, 5) is 26.7. The zero-order chi connectivity index (χ0) is 26.1. The molecule has 0 bridgehead atoms. The third kappa shape index (κ3) is 7.90. The van der Waals surface area contributed by atoms with Crippen molar-refractivity contribution < 1.29 is 23.3 Å². The molecule has 198 valence electrons. The Bertz CT molecular complexity index is 939. The third-order valence-corrected chi connectivity index (χ3v) is 7.51. The predicted molar refractivity (Wildman–Crippen MR) is 131 cm³/mol. The molecule has 1 fully saturated rings. The second-order valence-corrected chi connectivity index (χ2v) is 10.2. The van der Waals surface area contributed by atoms with Crippen LogP contribution in [0.5, 0.6) is 0 Å². The first kappa shape index (κ1) is 29.5. The highest BCUT2D eigenvalue weighted by Crippen LogP contribution is 2.46. The van der Waals surface area contributed by atoms with E-state index in [1.807, 2.05) is 27.7 Å². The Labute approximate surface area is 207 Å². The van der Waals surface area contributed by atoms with Gasteiger partial charge in [0.25, 0.3) is 14.1 Å². The van der Waals surface area contributed by atoms with Crippen molar-refractivity contribution in [2.45, 2.75) is 77.6 Å². The molecular weight excluding hydrogens is 477 g/mol. The Morgan fingerprint density at radius 2 is 1.91 bits per heavy atom. The van der Waals surface area contributed by atoms with Gasteiger partial charge in [0.15, 0.2) is 6.23 Å². The van der Waals surface area contributed by atoms with E-state index in [1.165, 1.54) is 10.8 Å². The minimum atomic E-state index is -1.49. The van der Waals surface area contributed by atoms with Crippen LogP contribution in [0.2, 0.25) is 0 Å². The number of nitrogens with zero attached hydrogens (tertiary/aromatic N) is 3. The molecule has 1 saturated heterocycles. The summed E-state index contributed by atoms with van der Waals surface area (Å²) >= 11 is 0. The van der Waals surface area contributed by atoms with E-state index in [0.717, 1.165) is 0 Å². The van der Waals surface area contributed by atoms with Gasteiger partial charge in [-0.05, 0) is 34.6 Å². The number of methoxy groups -OCH3 is 1. The molecule has 3 N–H and O–H groups in total. The van der Waals surface area contributed by atoms with Crippen LogP contribution in [0.4, 0.5) is 0 Å². The fourth-order valence-electron chi connectivity index (χ4n) is 3.81. The quantitative estimate of drug-likeness (QED) is 0.274. The van der Waals surface area contributed by atoms with E-state index >= 15 is 0 Å². The van der Waals surface area contributed by atoms with E-state index in [1.54, 1.807) is 14.0 Å². The number of aryl methyl sites for hydroxylation is 1. The number of H-pyrrole nitrogens is 1. The van der Waals surface area contributed by atoms with E-state index in [-0.39, 0.29) is 38.3 Å². The van der Waals surface area contributed by atoms with Gasteiger partial charge in [-0.3, -0.25) is 14.3 Å². The molecule has 0 saturated carbocycles. The molecule has 0 aromatic carbocycles. The van der Waals surface area contributed by atoms with Gasteiger partial charge in [-0.15, -0.1) is 0 Å². The standard InChI is InChI=1S/C22H38N5O7P/c1-14(2)27(15(3)4)35(32-9-7-8-23)33-13-17-18(24)19(31-11-10-30-6)21(34-17)26-12-16(5)20(28)25-22(26)29/h12,14-15,17-19,21H,7,9-11,13,24H2,1-6H3,(H,25,28,29)/t17-,18-,19-,21-,35?/m1/s1. The SMILES string of the molecule is COCCO[C@@H]1[C@H](N)[C@@H](COP(OCCC#N)N(C(C)C)C(C)C)O[C@H]1n1cc(C)c(=O)[nH]c1=O. The van der Waals surface area contributed by atoms with Crippen molar-refractivity contribution in [1.82, 2.24) is 14.2 Å². The monoisotopic (exact) mass is 515 g/mol. The molecule has 1 unspecified atom stereocenters. The molecule has 1 aromatic heterocycles. The van der Waals surface area contributed by atoms with Gasteiger partial charge in [0.1, 0.15) is 12.2 Å². The van der Waals surface area contributed by atoms with Crippen LogP contribution in [0.25, 0.3) is 0 Å². The normalized spacial score (nSPS) is 23.3. The van der Waals surface area contributed by atoms with Crippen LogP contribution >= 0.6 is 8.53 Å². The highest BCUT2D eigenvalue weighted by Gasteiger charge is 2.45. The van der Waals surface area contributed by atoms with Crippen molar-refractivity contribution in [3.05, 3.63) is 32.6 Å². The van der Waals surface area contributed by atoms with E-state index in [0.29, 0.717) is 12.2 Å². The molecule has 5 atom stereocenters. The summed E-state index contributed by atoms with van der Waals surface area (Å²) in [6.45, 7) is 10.7. The maximum Gasteiger partial charge on any atom is 0.330 e.